The predicted molar refractivity (Wildman–Crippen MR) is 87.5 cm³/mol. The fourth-order valence-corrected chi connectivity index (χ4v) is 2.57. The Hall–Kier alpha value is -2.76. The van der Waals surface area contributed by atoms with Gasteiger partial charge in [0.2, 0.25) is 0 Å². The molecular formula is C18H19N3O3. The lowest BCUT2D eigenvalue weighted by Gasteiger charge is -2.15. The zero-order chi connectivity index (χ0) is 16.9. The van der Waals surface area contributed by atoms with Crippen LogP contribution in [0.25, 0.3) is 0 Å². The summed E-state index contributed by atoms with van der Waals surface area (Å²) >= 11 is 0. The van der Waals surface area contributed by atoms with Crippen LogP contribution in [0.5, 0.6) is 0 Å². The van der Waals surface area contributed by atoms with Gasteiger partial charge in [-0.25, -0.2) is 9.78 Å². The van der Waals surface area contributed by atoms with Crippen LogP contribution in [-0.2, 0) is 11.3 Å². The summed E-state index contributed by atoms with van der Waals surface area (Å²) in [5, 5.41) is 0. The van der Waals surface area contributed by atoms with Crippen molar-refractivity contribution in [1.29, 1.82) is 0 Å². The molecule has 1 aliphatic rings. The molecule has 0 unspecified atom stereocenters. The molecule has 124 valence electrons. The summed E-state index contributed by atoms with van der Waals surface area (Å²) in [7, 11) is 0. The molecule has 2 heterocycles. The Morgan fingerprint density at radius 2 is 1.79 bits per heavy atom. The van der Waals surface area contributed by atoms with Crippen molar-refractivity contribution < 1.29 is 14.3 Å². The van der Waals surface area contributed by atoms with Gasteiger partial charge in [-0.3, -0.25) is 9.78 Å². The van der Waals surface area contributed by atoms with Gasteiger partial charge in [-0.05, 0) is 37.5 Å². The van der Waals surface area contributed by atoms with Gasteiger partial charge in [0.05, 0.1) is 11.9 Å². The van der Waals surface area contributed by atoms with E-state index in [9.17, 15) is 9.59 Å². The predicted octanol–water partition coefficient (Wildman–Crippen LogP) is 2.38. The van der Waals surface area contributed by atoms with E-state index in [1.165, 1.54) is 12.4 Å². The number of hydrogen-bond donors (Lipinski definition) is 0. The molecule has 1 fully saturated rings. The highest BCUT2D eigenvalue weighted by Gasteiger charge is 2.19. The van der Waals surface area contributed by atoms with Gasteiger partial charge >= 0.3 is 5.97 Å². The fraction of sp³-hybridized carbons (Fsp3) is 0.333. The van der Waals surface area contributed by atoms with Gasteiger partial charge in [0.1, 0.15) is 6.61 Å². The van der Waals surface area contributed by atoms with Crippen molar-refractivity contribution in [2.24, 2.45) is 0 Å². The van der Waals surface area contributed by atoms with E-state index in [0.29, 0.717) is 5.56 Å². The number of benzene rings is 1. The molecule has 1 saturated heterocycles. The lowest BCUT2D eigenvalue weighted by molar-refractivity contribution is 0.0464. The number of nitrogens with zero attached hydrogens (tertiary/aromatic N) is 3. The number of hydrogen-bond acceptors (Lipinski definition) is 5. The van der Waals surface area contributed by atoms with Gasteiger partial charge in [-0.2, -0.15) is 0 Å². The van der Waals surface area contributed by atoms with Gasteiger partial charge in [0.25, 0.3) is 5.91 Å². The van der Waals surface area contributed by atoms with E-state index in [4.69, 9.17) is 4.74 Å². The van der Waals surface area contributed by atoms with E-state index >= 15 is 0 Å². The first kappa shape index (κ1) is 16.1. The first-order valence-electron chi connectivity index (χ1n) is 7.97. The molecule has 0 aliphatic carbocycles. The molecule has 0 radical (unpaired) electrons. The first-order chi connectivity index (χ1) is 11.6. The number of rotatable bonds is 4. The molecule has 0 atom stereocenters. The highest BCUT2D eigenvalue weighted by Crippen LogP contribution is 2.14. The molecule has 1 aromatic carbocycles. The highest BCUT2D eigenvalue weighted by atomic mass is 16.5. The molecule has 3 rings (SSSR count). The molecule has 0 spiro atoms. The fourth-order valence-electron chi connectivity index (χ4n) is 2.57. The Bertz CT molecular complexity index is 720. The third kappa shape index (κ3) is 3.76. The van der Waals surface area contributed by atoms with Gasteiger partial charge in [-0.1, -0.05) is 12.1 Å². The number of carbonyl (C=O) groups is 2. The van der Waals surface area contributed by atoms with Crippen LogP contribution in [0.1, 0.15) is 44.9 Å². The summed E-state index contributed by atoms with van der Waals surface area (Å²) in [5.41, 5.74) is 2.41. The monoisotopic (exact) mass is 325 g/mol. The lowest BCUT2D eigenvalue weighted by Crippen LogP contribution is -2.27. The summed E-state index contributed by atoms with van der Waals surface area (Å²) in [6, 6.07) is 7.15. The molecule has 1 aliphatic heterocycles. The maximum Gasteiger partial charge on any atom is 0.358 e. The zero-order valence-corrected chi connectivity index (χ0v) is 13.6. The van der Waals surface area contributed by atoms with Crippen LogP contribution in [0.15, 0.2) is 36.7 Å². The van der Waals surface area contributed by atoms with Gasteiger partial charge in [0.15, 0.2) is 5.69 Å². The Morgan fingerprint density at radius 3 is 2.42 bits per heavy atom. The second-order valence-electron chi connectivity index (χ2n) is 5.82. The van der Waals surface area contributed by atoms with E-state index in [1.54, 1.807) is 31.2 Å². The number of likely N-dealkylation sites (tertiary alicyclic amines) is 1. The minimum Gasteiger partial charge on any atom is -0.456 e. The van der Waals surface area contributed by atoms with Crippen LogP contribution in [0.4, 0.5) is 0 Å². The summed E-state index contributed by atoms with van der Waals surface area (Å²) < 4.78 is 5.22. The molecule has 1 aromatic heterocycles. The number of carbonyl (C=O) groups excluding carboxylic acids is 2. The molecule has 2 aromatic rings. The van der Waals surface area contributed by atoms with Gasteiger partial charge in [-0.15, -0.1) is 0 Å². The second kappa shape index (κ2) is 7.21. The van der Waals surface area contributed by atoms with E-state index < -0.39 is 5.97 Å². The quantitative estimate of drug-likeness (QED) is 0.807. The van der Waals surface area contributed by atoms with Crippen LogP contribution in [0.3, 0.4) is 0 Å². The minimum absolute atomic E-state index is 0.0611. The Morgan fingerprint density at radius 1 is 1.08 bits per heavy atom. The average Bonchev–Trinajstić information content (AvgIpc) is 3.15. The lowest BCUT2D eigenvalue weighted by atomic mass is 10.1. The molecule has 6 heteroatoms. The maximum atomic E-state index is 12.3. The van der Waals surface area contributed by atoms with Crippen molar-refractivity contribution >= 4 is 11.9 Å². The van der Waals surface area contributed by atoms with E-state index in [2.05, 4.69) is 9.97 Å². The van der Waals surface area contributed by atoms with Crippen molar-refractivity contribution in [2.45, 2.75) is 26.4 Å². The van der Waals surface area contributed by atoms with Crippen molar-refractivity contribution in [1.82, 2.24) is 14.9 Å². The van der Waals surface area contributed by atoms with E-state index in [1.807, 2.05) is 4.90 Å². The third-order valence-electron chi connectivity index (χ3n) is 3.95. The van der Waals surface area contributed by atoms with Crippen LogP contribution < -0.4 is 0 Å². The van der Waals surface area contributed by atoms with Gasteiger partial charge < -0.3 is 9.64 Å². The summed E-state index contributed by atoms with van der Waals surface area (Å²) in [5.74, 6) is -0.453. The second-order valence-corrected chi connectivity index (χ2v) is 5.82. The number of amides is 1. The first-order valence-corrected chi connectivity index (χ1v) is 7.97. The topological polar surface area (TPSA) is 72.4 Å². The zero-order valence-electron chi connectivity index (χ0n) is 13.6. The number of ether oxygens (including phenoxy) is 1. The van der Waals surface area contributed by atoms with E-state index in [0.717, 1.165) is 37.2 Å². The van der Waals surface area contributed by atoms with Crippen LogP contribution >= 0.6 is 0 Å². The average molecular weight is 325 g/mol. The van der Waals surface area contributed by atoms with Crippen molar-refractivity contribution in [3.63, 3.8) is 0 Å². The number of esters is 1. The number of aromatic nitrogens is 2. The largest absolute Gasteiger partial charge is 0.456 e. The third-order valence-corrected chi connectivity index (χ3v) is 3.95. The Balaban J connectivity index is 1.57. The summed E-state index contributed by atoms with van der Waals surface area (Å²) in [6.07, 6.45) is 5.06. The minimum atomic E-state index is -0.514. The molecule has 0 bridgehead atoms. The van der Waals surface area contributed by atoms with Crippen molar-refractivity contribution in [3.05, 3.63) is 59.2 Å². The summed E-state index contributed by atoms with van der Waals surface area (Å²) in [4.78, 5) is 34.0. The summed E-state index contributed by atoms with van der Waals surface area (Å²) in [6.45, 7) is 3.59. The Labute approximate surface area is 140 Å². The maximum absolute atomic E-state index is 12.3. The molecule has 24 heavy (non-hydrogen) atoms. The molecular weight excluding hydrogens is 306 g/mol. The highest BCUT2D eigenvalue weighted by molar-refractivity contribution is 5.94. The molecule has 0 saturated carbocycles. The van der Waals surface area contributed by atoms with Gasteiger partial charge in [0, 0.05) is 24.8 Å². The molecule has 6 nitrogen and oxygen atoms in total. The standard InChI is InChI=1S/C18H19N3O3/c1-13-10-20-16(11-19-13)18(23)24-12-14-4-6-15(7-5-14)17(22)21-8-2-3-9-21/h4-7,10-11H,2-3,8-9,12H2,1H3. The Kier molecular flexibility index (Phi) is 4.84. The normalized spacial score (nSPS) is 13.8. The molecule has 0 N–H and O–H groups in total. The van der Waals surface area contributed by atoms with Crippen LogP contribution in [0, 0.1) is 6.92 Å². The molecule has 1 amide bonds. The smallest absolute Gasteiger partial charge is 0.358 e. The van der Waals surface area contributed by atoms with Crippen LogP contribution in [0.2, 0.25) is 0 Å². The van der Waals surface area contributed by atoms with E-state index in [-0.39, 0.29) is 18.2 Å². The van der Waals surface area contributed by atoms with Crippen LogP contribution in [-0.4, -0.2) is 39.8 Å². The number of aryl methyl sites for hydroxylation is 1. The SMILES string of the molecule is Cc1cnc(C(=O)OCc2ccc(C(=O)N3CCCC3)cc2)cn1. The van der Waals surface area contributed by atoms with Crippen molar-refractivity contribution in [3.8, 4) is 0 Å². The van der Waals surface area contributed by atoms with Crippen molar-refractivity contribution in [2.75, 3.05) is 13.1 Å².